The number of rotatable bonds is 7. The van der Waals surface area contributed by atoms with Crippen molar-refractivity contribution >= 4 is 35.6 Å². The van der Waals surface area contributed by atoms with Gasteiger partial charge in [-0.05, 0) is 43.4 Å². The summed E-state index contributed by atoms with van der Waals surface area (Å²) in [7, 11) is 1.85. The summed E-state index contributed by atoms with van der Waals surface area (Å²) in [5.74, 6) is 1.44. The van der Waals surface area contributed by atoms with E-state index in [4.69, 9.17) is 4.74 Å². The van der Waals surface area contributed by atoms with Gasteiger partial charge in [-0.25, -0.2) is 0 Å². The van der Waals surface area contributed by atoms with Gasteiger partial charge in [0.1, 0.15) is 0 Å². The lowest BCUT2D eigenvalue weighted by atomic mass is 10.0. The zero-order chi connectivity index (χ0) is 20.6. The molecule has 0 amide bonds. The van der Waals surface area contributed by atoms with Gasteiger partial charge in [0.25, 0.3) is 0 Å². The molecule has 0 saturated carbocycles. The third-order valence-electron chi connectivity index (χ3n) is 6.18. The molecule has 7 heteroatoms. The summed E-state index contributed by atoms with van der Waals surface area (Å²) in [6.45, 7) is 13.7. The fraction of sp³-hybridized carbons (Fsp3) is 0.696. The smallest absolute Gasteiger partial charge is 0.191 e. The number of benzene rings is 1. The number of anilines is 1. The first-order valence-corrected chi connectivity index (χ1v) is 11.2. The second kappa shape index (κ2) is 12.7. The number of hydrogen-bond donors (Lipinski definition) is 2. The summed E-state index contributed by atoms with van der Waals surface area (Å²) in [5, 5.41) is 7.14. The van der Waals surface area contributed by atoms with Crippen LogP contribution >= 0.6 is 24.0 Å². The minimum Gasteiger partial charge on any atom is -0.379 e. The molecular formula is C23H40IN5O. The van der Waals surface area contributed by atoms with Crippen LogP contribution in [0.2, 0.25) is 0 Å². The highest BCUT2D eigenvalue weighted by Gasteiger charge is 2.24. The van der Waals surface area contributed by atoms with Gasteiger partial charge in [0.2, 0.25) is 0 Å². The normalized spacial score (nSPS) is 20.0. The van der Waals surface area contributed by atoms with Gasteiger partial charge in [0, 0.05) is 51.5 Å². The van der Waals surface area contributed by atoms with Gasteiger partial charge in [-0.3, -0.25) is 9.89 Å². The third-order valence-corrected chi connectivity index (χ3v) is 6.18. The van der Waals surface area contributed by atoms with Crippen LogP contribution in [0.15, 0.2) is 29.3 Å². The van der Waals surface area contributed by atoms with Crippen molar-refractivity contribution in [3.05, 3.63) is 29.8 Å². The Morgan fingerprint density at radius 1 is 1.10 bits per heavy atom. The van der Waals surface area contributed by atoms with Crippen LogP contribution in [-0.4, -0.2) is 69.9 Å². The lowest BCUT2D eigenvalue weighted by Crippen LogP contribution is -2.52. The van der Waals surface area contributed by atoms with E-state index in [2.05, 4.69) is 70.5 Å². The van der Waals surface area contributed by atoms with Gasteiger partial charge >= 0.3 is 0 Å². The fourth-order valence-electron chi connectivity index (χ4n) is 4.35. The molecule has 170 valence electrons. The van der Waals surface area contributed by atoms with Crippen LogP contribution in [0.4, 0.5) is 5.69 Å². The highest BCUT2D eigenvalue weighted by atomic mass is 127. The van der Waals surface area contributed by atoms with Crippen LogP contribution in [0.3, 0.4) is 0 Å². The maximum Gasteiger partial charge on any atom is 0.191 e. The van der Waals surface area contributed by atoms with Crippen molar-refractivity contribution in [2.45, 2.75) is 45.7 Å². The van der Waals surface area contributed by atoms with Gasteiger partial charge in [-0.15, -0.1) is 24.0 Å². The number of aliphatic imine (C=N–C) groups is 1. The van der Waals surface area contributed by atoms with E-state index in [1.807, 2.05) is 7.05 Å². The molecule has 6 nitrogen and oxygen atoms in total. The first-order chi connectivity index (χ1) is 14.1. The molecule has 2 heterocycles. The summed E-state index contributed by atoms with van der Waals surface area (Å²) < 4.78 is 5.52. The van der Waals surface area contributed by atoms with E-state index in [1.54, 1.807) is 0 Å². The molecule has 2 aliphatic heterocycles. The molecule has 3 rings (SSSR count). The molecule has 0 aromatic heterocycles. The van der Waals surface area contributed by atoms with Gasteiger partial charge in [-0.2, -0.15) is 0 Å². The van der Waals surface area contributed by atoms with Crippen LogP contribution in [-0.2, 0) is 4.74 Å². The minimum absolute atomic E-state index is 0. The van der Waals surface area contributed by atoms with E-state index in [9.17, 15) is 0 Å². The topological polar surface area (TPSA) is 52.1 Å². The molecular weight excluding hydrogens is 489 g/mol. The standard InChI is InChI=1S/C23H39N5O.HI/c1-18(2)22(28-12-14-29-15-13-28)17-25-23(24-4)26-19(3)20-8-7-9-21(16-20)27-10-5-6-11-27;/h7-9,16,18-19,22H,5-6,10-15,17H2,1-4H3,(H2,24,25,26);1H. The zero-order valence-corrected chi connectivity index (χ0v) is 21.4. The number of ether oxygens (including phenoxy) is 1. The second-order valence-electron chi connectivity index (χ2n) is 8.57. The van der Waals surface area contributed by atoms with Gasteiger partial charge < -0.3 is 20.3 Å². The Kier molecular flexibility index (Phi) is 10.7. The van der Waals surface area contributed by atoms with Crippen molar-refractivity contribution in [1.29, 1.82) is 0 Å². The molecule has 1 aromatic rings. The van der Waals surface area contributed by atoms with Gasteiger partial charge in [-0.1, -0.05) is 26.0 Å². The Morgan fingerprint density at radius 2 is 1.80 bits per heavy atom. The lowest BCUT2D eigenvalue weighted by Gasteiger charge is -2.37. The lowest BCUT2D eigenvalue weighted by molar-refractivity contribution is 0.00751. The summed E-state index contributed by atoms with van der Waals surface area (Å²) >= 11 is 0. The summed E-state index contributed by atoms with van der Waals surface area (Å²) in [5.41, 5.74) is 2.63. The SMILES string of the molecule is CN=C(NCC(C(C)C)N1CCOCC1)NC(C)c1cccc(N2CCCC2)c1.I. The van der Waals surface area contributed by atoms with Crippen molar-refractivity contribution in [3.8, 4) is 0 Å². The van der Waals surface area contributed by atoms with Crippen molar-refractivity contribution in [2.24, 2.45) is 10.9 Å². The van der Waals surface area contributed by atoms with E-state index in [-0.39, 0.29) is 30.0 Å². The third kappa shape index (κ3) is 6.99. The monoisotopic (exact) mass is 529 g/mol. The number of hydrogen-bond acceptors (Lipinski definition) is 4. The summed E-state index contributed by atoms with van der Waals surface area (Å²) in [4.78, 5) is 9.49. The molecule has 2 aliphatic rings. The Balaban J connectivity index is 0.00000320. The molecule has 30 heavy (non-hydrogen) atoms. The van der Waals surface area contributed by atoms with Crippen LogP contribution in [0.25, 0.3) is 0 Å². The number of morpholine rings is 1. The van der Waals surface area contributed by atoms with E-state index in [0.717, 1.165) is 38.8 Å². The second-order valence-corrected chi connectivity index (χ2v) is 8.57. The van der Waals surface area contributed by atoms with E-state index in [1.165, 1.54) is 37.2 Å². The molecule has 2 unspecified atom stereocenters. The van der Waals surface area contributed by atoms with Crippen molar-refractivity contribution < 1.29 is 4.74 Å². The van der Waals surface area contributed by atoms with E-state index >= 15 is 0 Å². The number of guanidine groups is 1. The van der Waals surface area contributed by atoms with E-state index < -0.39 is 0 Å². The number of halogens is 1. The van der Waals surface area contributed by atoms with Crippen LogP contribution in [0, 0.1) is 5.92 Å². The van der Waals surface area contributed by atoms with Crippen molar-refractivity contribution in [3.63, 3.8) is 0 Å². The molecule has 1 aromatic carbocycles. The molecule has 0 aliphatic carbocycles. The van der Waals surface area contributed by atoms with Gasteiger partial charge in [0.15, 0.2) is 5.96 Å². The quantitative estimate of drug-likeness (QED) is 0.322. The highest BCUT2D eigenvalue weighted by molar-refractivity contribution is 14.0. The summed E-state index contributed by atoms with van der Waals surface area (Å²) in [6, 6.07) is 9.60. The molecule has 2 fully saturated rings. The predicted molar refractivity (Wildman–Crippen MR) is 137 cm³/mol. The molecule has 0 spiro atoms. The maximum atomic E-state index is 5.52. The fourth-order valence-corrected chi connectivity index (χ4v) is 4.35. The Morgan fingerprint density at radius 3 is 2.43 bits per heavy atom. The number of nitrogens with zero attached hydrogens (tertiary/aromatic N) is 3. The molecule has 2 atom stereocenters. The van der Waals surface area contributed by atoms with Crippen LogP contribution < -0.4 is 15.5 Å². The molecule has 0 radical (unpaired) electrons. The number of nitrogens with one attached hydrogen (secondary N) is 2. The van der Waals surface area contributed by atoms with Crippen LogP contribution in [0.5, 0.6) is 0 Å². The minimum atomic E-state index is 0. The first kappa shape index (κ1) is 25.2. The molecule has 2 saturated heterocycles. The Bertz CT molecular complexity index is 657. The Hall–Kier alpha value is -1.06. The maximum absolute atomic E-state index is 5.52. The predicted octanol–water partition coefficient (Wildman–Crippen LogP) is 3.49. The van der Waals surface area contributed by atoms with Crippen molar-refractivity contribution in [1.82, 2.24) is 15.5 Å². The van der Waals surface area contributed by atoms with Gasteiger partial charge in [0.05, 0.1) is 19.3 Å². The highest BCUT2D eigenvalue weighted by Crippen LogP contribution is 2.24. The largest absolute Gasteiger partial charge is 0.379 e. The summed E-state index contributed by atoms with van der Waals surface area (Å²) in [6.07, 6.45) is 2.60. The molecule has 2 N–H and O–H groups in total. The molecule has 0 bridgehead atoms. The zero-order valence-electron chi connectivity index (χ0n) is 19.1. The first-order valence-electron chi connectivity index (χ1n) is 11.2. The average molecular weight is 530 g/mol. The van der Waals surface area contributed by atoms with Crippen LogP contribution in [0.1, 0.15) is 45.2 Å². The average Bonchev–Trinajstić information content (AvgIpc) is 3.28. The van der Waals surface area contributed by atoms with E-state index in [0.29, 0.717) is 12.0 Å². The Labute approximate surface area is 199 Å². The van der Waals surface area contributed by atoms with Crippen molar-refractivity contribution in [2.75, 3.05) is 57.9 Å².